The van der Waals surface area contributed by atoms with Crippen LogP contribution >= 0.6 is 0 Å². The van der Waals surface area contributed by atoms with Crippen LogP contribution in [0, 0.1) is 17.2 Å². The van der Waals surface area contributed by atoms with E-state index in [1.807, 2.05) is 12.1 Å². The molecular formula is C18H16N4O2. The van der Waals surface area contributed by atoms with E-state index in [0.29, 0.717) is 17.9 Å². The fourth-order valence-corrected chi connectivity index (χ4v) is 2.50. The maximum atomic E-state index is 12.4. The molecule has 24 heavy (non-hydrogen) atoms. The first-order chi connectivity index (χ1) is 11.7. The van der Waals surface area contributed by atoms with Crippen LogP contribution in [0.5, 0.6) is 5.75 Å². The van der Waals surface area contributed by atoms with E-state index in [0.717, 1.165) is 16.6 Å². The number of benzene rings is 1. The number of nitrogens with zero attached hydrogens (tertiary/aromatic N) is 2. The topological polar surface area (TPSA) is 90.8 Å². The van der Waals surface area contributed by atoms with Crippen molar-refractivity contribution in [3.8, 4) is 11.8 Å². The minimum Gasteiger partial charge on any atom is -0.497 e. The number of pyridine rings is 1. The number of aromatic nitrogens is 2. The van der Waals surface area contributed by atoms with Gasteiger partial charge in [0.05, 0.1) is 13.2 Å². The standard InChI is InChI=1S/C18H16N4O2/c1-24-15-6-4-14(5-7-15)22-18(23)12(10-19)9-13-11-21-17-16(13)3-2-8-20-17/h2-8,11-12H,9H2,1H3,(H,20,21)(H,22,23). The number of nitriles is 1. The van der Waals surface area contributed by atoms with Crippen LogP contribution in [0.15, 0.2) is 48.8 Å². The highest BCUT2D eigenvalue weighted by molar-refractivity contribution is 5.94. The number of methoxy groups -OCH3 is 1. The highest BCUT2D eigenvalue weighted by Gasteiger charge is 2.20. The number of anilines is 1. The second kappa shape index (κ2) is 6.84. The number of amides is 1. The summed E-state index contributed by atoms with van der Waals surface area (Å²) in [6, 6.07) is 12.8. The van der Waals surface area contributed by atoms with E-state index in [4.69, 9.17) is 4.74 Å². The van der Waals surface area contributed by atoms with Gasteiger partial charge in [0.2, 0.25) is 5.91 Å². The minimum absolute atomic E-state index is 0.324. The van der Waals surface area contributed by atoms with Gasteiger partial charge in [-0.15, -0.1) is 0 Å². The quantitative estimate of drug-likeness (QED) is 0.756. The molecule has 6 heteroatoms. The third-order valence-corrected chi connectivity index (χ3v) is 3.79. The molecule has 3 rings (SSSR count). The Bertz CT molecular complexity index is 893. The normalized spacial score (nSPS) is 11.7. The number of rotatable bonds is 5. The third kappa shape index (κ3) is 3.20. The van der Waals surface area contributed by atoms with Gasteiger partial charge in [0, 0.05) is 23.5 Å². The van der Waals surface area contributed by atoms with Gasteiger partial charge in [-0.2, -0.15) is 5.26 Å². The lowest BCUT2D eigenvalue weighted by Gasteiger charge is -2.10. The Morgan fingerprint density at radius 2 is 2.17 bits per heavy atom. The number of aromatic amines is 1. The summed E-state index contributed by atoms with van der Waals surface area (Å²) < 4.78 is 5.08. The molecule has 0 aliphatic rings. The highest BCUT2D eigenvalue weighted by Crippen LogP contribution is 2.21. The van der Waals surface area contributed by atoms with Crippen molar-refractivity contribution in [3.05, 3.63) is 54.4 Å². The maximum Gasteiger partial charge on any atom is 0.242 e. The molecule has 0 saturated carbocycles. The van der Waals surface area contributed by atoms with Crippen LogP contribution in [0.1, 0.15) is 5.56 Å². The van der Waals surface area contributed by atoms with Crippen molar-refractivity contribution >= 4 is 22.6 Å². The molecule has 0 aliphatic heterocycles. The third-order valence-electron chi connectivity index (χ3n) is 3.79. The first-order valence-electron chi connectivity index (χ1n) is 7.47. The lowest BCUT2D eigenvalue weighted by molar-refractivity contribution is -0.118. The van der Waals surface area contributed by atoms with E-state index < -0.39 is 5.92 Å². The van der Waals surface area contributed by atoms with Gasteiger partial charge in [0.15, 0.2) is 0 Å². The molecule has 3 aromatic rings. The summed E-state index contributed by atoms with van der Waals surface area (Å²) in [7, 11) is 1.58. The zero-order valence-electron chi connectivity index (χ0n) is 13.1. The van der Waals surface area contributed by atoms with Crippen LogP contribution < -0.4 is 10.1 Å². The smallest absolute Gasteiger partial charge is 0.242 e. The zero-order chi connectivity index (χ0) is 16.9. The van der Waals surface area contributed by atoms with Crippen molar-refractivity contribution in [3.63, 3.8) is 0 Å². The molecule has 1 aromatic carbocycles. The monoisotopic (exact) mass is 320 g/mol. The van der Waals surface area contributed by atoms with Gasteiger partial charge in [-0.05, 0) is 48.4 Å². The van der Waals surface area contributed by atoms with Crippen LogP contribution in [0.25, 0.3) is 11.0 Å². The fourth-order valence-electron chi connectivity index (χ4n) is 2.50. The van der Waals surface area contributed by atoms with Gasteiger partial charge in [0.25, 0.3) is 0 Å². The molecule has 2 aromatic heterocycles. The molecule has 6 nitrogen and oxygen atoms in total. The number of ether oxygens (including phenoxy) is 1. The molecule has 0 aliphatic carbocycles. The van der Waals surface area contributed by atoms with Crippen LogP contribution in [0.2, 0.25) is 0 Å². The van der Waals surface area contributed by atoms with E-state index in [9.17, 15) is 10.1 Å². The fraction of sp³-hybridized carbons (Fsp3) is 0.167. The van der Waals surface area contributed by atoms with Crippen molar-refractivity contribution in [1.82, 2.24) is 9.97 Å². The summed E-state index contributed by atoms with van der Waals surface area (Å²) in [6.07, 6.45) is 3.81. The molecular weight excluding hydrogens is 304 g/mol. The number of nitrogens with one attached hydrogen (secondary N) is 2. The van der Waals surface area contributed by atoms with Gasteiger partial charge < -0.3 is 15.0 Å². The Hall–Kier alpha value is -3.33. The number of carbonyl (C=O) groups excluding carboxylic acids is 1. The molecule has 1 amide bonds. The Morgan fingerprint density at radius 1 is 1.38 bits per heavy atom. The van der Waals surface area contributed by atoms with Gasteiger partial charge in [-0.3, -0.25) is 4.79 Å². The molecule has 0 fully saturated rings. The first kappa shape index (κ1) is 15.6. The molecule has 0 bridgehead atoms. The summed E-state index contributed by atoms with van der Waals surface area (Å²) in [5.41, 5.74) is 2.27. The van der Waals surface area contributed by atoms with E-state index in [-0.39, 0.29) is 5.91 Å². The summed E-state index contributed by atoms with van der Waals surface area (Å²) in [6.45, 7) is 0. The minimum atomic E-state index is -0.786. The maximum absolute atomic E-state index is 12.4. The van der Waals surface area contributed by atoms with Gasteiger partial charge in [-0.25, -0.2) is 4.98 Å². The van der Waals surface area contributed by atoms with E-state index in [1.165, 1.54) is 0 Å². The Balaban J connectivity index is 1.73. The van der Waals surface area contributed by atoms with Crippen molar-refractivity contribution in [2.24, 2.45) is 5.92 Å². The van der Waals surface area contributed by atoms with Crippen LogP contribution in [-0.4, -0.2) is 23.0 Å². The van der Waals surface area contributed by atoms with Crippen molar-refractivity contribution in [2.75, 3.05) is 12.4 Å². The Labute approximate surface area is 139 Å². The molecule has 2 heterocycles. The first-order valence-corrected chi connectivity index (χ1v) is 7.47. The van der Waals surface area contributed by atoms with E-state index in [2.05, 4.69) is 21.4 Å². The van der Waals surface area contributed by atoms with Crippen molar-refractivity contribution in [2.45, 2.75) is 6.42 Å². The predicted octanol–water partition coefficient (Wildman–Crippen LogP) is 2.89. The van der Waals surface area contributed by atoms with Crippen LogP contribution in [0.3, 0.4) is 0 Å². The molecule has 0 spiro atoms. The number of carbonyl (C=O) groups is 1. The largest absolute Gasteiger partial charge is 0.497 e. The molecule has 0 radical (unpaired) electrons. The predicted molar refractivity (Wildman–Crippen MR) is 90.5 cm³/mol. The summed E-state index contributed by atoms with van der Waals surface area (Å²) >= 11 is 0. The lowest BCUT2D eigenvalue weighted by Crippen LogP contribution is -2.23. The molecule has 1 atom stereocenters. The second-order valence-electron chi connectivity index (χ2n) is 5.32. The summed E-state index contributed by atoms with van der Waals surface area (Å²) in [5.74, 6) is -0.414. The average molecular weight is 320 g/mol. The SMILES string of the molecule is COc1ccc(NC(=O)C(C#N)Cc2c[nH]c3ncccc23)cc1. The number of hydrogen-bond acceptors (Lipinski definition) is 4. The summed E-state index contributed by atoms with van der Waals surface area (Å²) in [4.78, 5) is 19.6. The molecule has 0 saturated heterocycles. The lowest BCUT2D eigenvalue weighted by atomic mass is 10.00. The zero-order valence-corrected chi connectivity index (χ0v) is 13.1. The number of hydrogen-bond donors (Lipinski definition) is 2. The molecule has 120 valence electrons. The van der Waals surface area contributed by atoms with Crippen LogP contribution in [-0.2, 0) is 11.2 Å². The van der Waals surface area contributed by atoms with Gasteiger partial charge in [-0.1, -0.05) is 0 Å². The Kier molecular flexibility index (Phi) is 4.43. The van der Waals surface area contributed by atoms with E-state index in [1.54, 1.807) is 43.8 Å². The molecule has 1 unspecified atom stereocenters. The summed E-state index contributed by atoms with van der Waals surface area (Å²) in [5, 5.41) is 13.1. The second-order valence-corrected chi connectivity index (χ2v) is 5.32. The number of H-pyrrole nitrogens is 1. The van der Waals surface area contributed by atoms with Crippen molar-refractivity contribution in [1.29, 1.82) is 5.26 Å². The van der Waals surface area contributed by atoms with Crippen LogP contribution in [0.4, 0.5) is 5.69 Å². The van der Waals surface area contributed by atoms with Gasteiger partial charge in [0.1, 0.15) is 17.3 Å². The Morgan fingerprint density at radius 3 is 2.88 bits per heavy atom. The highest BCUT2D eigenvalue weighted by atomic mass is 16.5. The van der Waals surface area contributed by atoms with Crippen molar-refractivity contribution < 1.29 is 9.53 Å². The average Bonchev–Trinajstić information content (AvgIpc) is 3.03. The van der Waals surface area contributed by atoms with E-state index >= 15 is 0 Å². The number of fused-ring (bicyclic) bond motifs is 1. The van der Waals surface area contributed by atoms with Gasteiger partial charge >= 0.3 is 0 Å². The molecule has 2 N–H and O–H groups in total.